The number of aliphatic imine (C=N–C) groups is 1. The Morgan fingerprint density at radius 1 is 1.36 bits per heavy atom. The highest BCUT2D eigenvalue weighted by molar-refractivity contribution is 14.0. The Balaban J connectivity index is 0.00000312. The van der Waals surface area contributed by atoms with Crippen molar-refractivity contribution in [3.63, 3.8) is 0 Å². The summed E-state index contributed by atoms with van der Waals surface area (Å²) in [7, 11) is 1.71. The number of hydrogen-bond acceptors (Lipinski definition) is 4. The van der Waals surface area contributed by atoms with Gasteiger partial charge in [-0.15, -0.1) is 35.3 Å². The van der Waals surface area contributed by atoms with E-state index in [2.05, 4.69) is 20.6 Å². The lowest BCUT2D eigenvalue weighted by Gasteiger charge is -2.18. The van der Waals surface area contributed by atoms with E-state index < -0.39 is 0 Å². The Hall–Kier alpha value is -1.42. The smallest absolute Gasteiger partial charge is 0.191 e. The summed E-state index contributed by atoms with van der Waals surface area (Å²) in [5, 5.41) is 7.51. The van der Waals surface area contributed by atoms with Crippen LogP contribution >= 0.6 is 35.3 Å². The van der Waals surface area contributed by atoms with Crippen molar-refractivity contribution >= 4 is 41.3 Å². The first-order chi connectivity index (χ1) is 11.6. The number of halogens is 2. The summed E-state index contributed by atoms with van der Waals surface area (Å²) < 4.78 is 19.1. The van der Waals surface area contributed by atoms with E-state index in [9.17, 15) is 4.39 Å². The van der Waals surface area contributed by atoms with Crippen molar-refractivity contribution in [2.75, 3.05) is 20.1 Å². The highest BCUT2D eigenvalue weighted by Gasteiger charge is 2.09. The molecule has 0 aliphatic carbocycles. The van der Waals surface area contributed by atoms with Crippen LogP contribution in [0.4, 0.5) is 4.39 Å². The maximum Gasteiger partial charge on any atom is 0.191 e. The zero-order chi connectivity index (χ0) is 17.4. The van der Waals surface area contributed by atoms with Crippen LogP contribution in [0, 0.1) is 12.7 Å². The van der Waals surface area contributed by atoms with Crippen molar-refractivity contribution in [3.8, 4) is 5.75 Å². The standard InChI is InChI=1S/C17H23FN4OS.HI/c1-12(23-15-7-5-4-6-14(15)18)10-22-17(19-3)20-9-8-16-21-11-13(2)24-16;/h4-7,11-12H,8-10H2,1-3H3,(H2,19,20,22);1H. The summed E-state index contributed by atoms with van der Waals surface area (Å²) >= 11 is 1.70. The Morgan fingerprint density at radius 3 is 2.76 bits per heavy atom. The zero-order valence-corrected chi connectivity index (χ0v) is 17.7. The summed E-state index contributed by atoms with van der Waals surface area (Å²) in [4.78, 5) is 9.71. The van der Waals surface area contributed by atoms with Crippen LogP contribution in [0.3, 0.4) is 0 Å². The minimum absolute atomic E-state index is 0. The second-order valence-electron chi connectivity index (χ2n) is 5.35. The first kappa shape index (κ1) is 21.6. The maximum atomic E-state index is 13.6. The molecule has 25 heavy (non-hydrogen) atoms. The fraction of sp³-hybridized carbons (Fsp3) is 0.412. The van der Waals surface area contributed by atoms with E-state index in [0.717, 1.165) is 18.0 Å². The van der Waals surface area contributed by atoms with Gasteiger partial charge in [-0.3, -0.25) is 4.99 Å². The molecular weight excluding hydrogens is 454 g/mol. The van der Waals surface area contributed by atoms with E-state index in [0.29, 0.717) is 12.5 Å². The molecule has 1 aromatic heterocycles. The minimum Gasteiger partial charge on any atom is -0.486 e. The molecule has 0 radical (unpaired) electrons. The molecule has 8 heteroatoms. The molecule has 0 spiro atoms. The molecule has 0 amide bonds. The summed E-state index contributed by atoms with van der Waals surface area (Å²) in [6.45, 7) is 5.19. The van der Waals surface area contributed by atoms with Gasteiger partial charge in [0.05, 0.1) is 11.6 Å². The Morgan fingerprint density at radius 2 is 2.12 bits per heavy atom. The van der Waals surface area contributed by atoms with Gasteiger partial charge in [0.1, 0.15) is 6.10 Å². The molecule has 1 aromatic carbocycles. The molecule has 2 aromatic rings. The average molecular weight is 478 g/mol. The molecule has 2 rings (SSSR count). The van der Waals surface area contributed by atoms with Crippen molar-refractivity contribution in [1.82, 2.24) is 15.6 Å². The maximum absolute atomic E-state index is 13.6. The summed E-state index contributed by atoms with van der Waals surface area (Å²) in [5.74, 6) is 0.590. The monoisotopic (exact) mass is 478 g/mol. The molecule has 1 unspecified atom stereocenters. The number of rotatable bonds is 7. The Kier molecular flexibility index (Phi) is 9.73. The van der Waals surface area contributed by atoms with Crippen LogP contribution in [0.2, 0.25) is 0 Å². The van der Waals surface area contributed by atoms with E-state index in [1.165, 1.54) is 10.9 Å². The van der Waals surface area contributed by atoms with Crippen LogP contribution in [-0.2, 0) is 6.42 Å². The molecule has 1 atom stereocenters. The fourth-order valence-corrected chi connectivity index (χ4v) is 2.85. The quantitative estimate of drug-likeness (QED) is 0.364. The number of aryl methyl sites for hydroxylation is 1. The van der Waals surface area contributed by atoms with Gasteiger partial charge in [-0.05, 0) is 26.0 Å². The summed E-state index contributed by atoms with van der Waals surface area (Å²) in [6, 6.07) is 6.39. The van der Waals surface area contributed by atoms with Gasteiger partial charge in [0, 0.05) is 31.1 Å². The molecule has 0 aliphatic rings. The van der Waals surface area contributed by atoms with E-state index in [-0.39, 0.29) is 41.6 Å². The normalized spacial score (nSPS) is 12.2. The van der Waals surface area contributed by atoms with E-state index in [1.54, 1.807) is 36.6 Å². The molecule has 0 aliphatic heterocycles. The number of thiazole rings is 1. The van der Waals surface area contributed by atoms with Crippen molar-refractivity contribution in [2.24, 2.45) is 4.99 Å². The number of ether oxygens (including phenoxy) is 1. The van der Waals surface area contributed by atoms with Crippen LogP contribution in [0.5, 0.6) is 5.75 Å². The van der Waals surface area contributed by atoms with Gasteiger partial charge < -0.3 is 15.4 Å². The lowest BCUT2D eigenvalue weighted by molar-refractivity contribution is 0.214. The van der Waals surface area contributed by atoms with E-state index in [1.807, 2.05) is 20.0 Å². The van der Waals surface area contributed by atoms with E-state index in [4.69, 9.17) is 4.74 Å². The highest BCUT2D eigenvalue weighted by Crippen LogP contribution is 2.16. The molecule has 0 bridgehead atoms. The highest BCUT2D eigenvalue weighted by atomic mass is 127. The van der Waals surface area contributed by atoms with Gasteiger partial charge in [-0.1, -0.05) is 12.1 Å². The molecule has 0 saturated carbocycles. The summed E-state index contributed by atoms with van der Waals surface area (Å²) in [5.41, 5.74) is 0. The predicted molar refractivity (Wildman–Crippen MR) is 112 cm³/mol. The number of benzene rings is 1. The van der Waals surface area contributed by atoms with Crippen molar-refractivity contribution in [1.29, 1.82) is 0 Å². The van der Waals surface area contributed by atoms with Gasteiger partial charge in [0.2, 0.25) is 0 Å². The van der Waals surface area contributed by atoms with Gasteiger partial charge >= 0.3 is 0 Å². The number of para-hydroxylation sites is 1. The molecular formula is C17H24FIN4OS. The van der Waals surface area contributed by atoms with Gasteiger partial charge in [0.15, 0.2) is 17.5 Å². The third-order valence-electron chi connectivity index (χ3n) is 3.25. The number of aromatic nitrogens is 1. The largest absolute Gasteiger partial charge is 0.486 e. The number of nitrogens with one attached hydrogen (secondary N) is 2. The van der Waals surface area contributed by atoms with Crippen LogP contribution in [0.15, 0.2) is 35.5 Å². The van der Waals surface area contributed by atoms with Crippen LogP contribution < -0.4 is 15.4 Å². The number of nitrogens with zero attached hydrogens (tertiary/aromatic N) is 2. The van der Waals surface area contributed by atoms with Gasteiger partial charge in [-0.25, -0.2) is 9.37 Å². The molecule has 2 N–H and O–H groups in total. The lowest BCUT2D eigenvalue weighted by Crippen LogP contribution is -2.42. The first-order valence-corrected chi connectivity index (χ1v) is 8.67. The lowest BCUT2D eigenvalue weighted by atomic mass is 10.3. The average Bonchev–Trinajstić information content (AvgIpc) is 2.98. The second-order valence-corrected chi connectivity index (χ2v) is 6.67. The summed E-state index contributed by atoms with van der Waals surface area (Å²) in [6.07, 6.45) is 2.54. The number of hydrogen-bond donors (Lipinski definition) is 2. The Labute approximate surface area is 169 Å². The van der Waals surface area contributed by atoms with Crippen molar-refractivity contribution in [2.45, 2.75) is 26.4 Å². The first-order valence-electron chi connectivity index (χ1n) is 7.85. The fourth-order valence-electron chi connectivity index (χ4n) is 2.06. The molecule has 5 nitrogen and oxygen atoms in total. The molecule has 0 saturated heterocycles. The molecule has 1 heterocycles. The number of guanidine groups is 1. The van der Waals surface area contributed by atoms with Crippen molar-refractivity contribution in [3.05, 3.63) is 46.2 Å². The SMILES string of the molecule is CN=C(NCCc1ncc(C)s1)NCC(C)Oc1ccccc1F.I. The van der Waals surface area contributed by atoms with Crippen LogP contribution in [0.25, 0.3) is 0 Å². The molecule has 138 valence electrons. The third kappa shape index (κ3) is 7.55. The van der Waals surface area contributed by atoms with Gasteiger partial charge in [-0.2, -0.15) is 0 Å². The predicted octanol–water partition coefficient (Wildman–Crippen LogP) is 3.38. The van der Waals surface area contributed by atoms with Crippen LogP contribution in [0.1, 0.15) is 16.8 Å². The second kappa shape index (κ2) is 11.2. The van der Waals surface area contributed by atoms with Crippen LogP contribution in [-0.4, -0.2) is 37.2 Å². The zero-order valence-electron chi connectivity index (χ0n) is 14.6. The minimum atomic E-state index is -0.356. The Bertz CT molecular complexity index is 680. The topological polar surface area (TPSA) is 58.5 Å². The van der Waals surface area contributed by atoms with E-state index >= 15 is 0 Å². The van der Waals surface area contributed by atoms with Crippen molar-refractivity contribution < 1.29 is 9.13 Å². The van der Waals surface area contributed by atoms with Gasteiger partial charge in [0.25, 0.3) is 0 Å². The molecule has 0 fully saturated rings. The third-order valence-corrected chi connectivity index (χ3v) is 4.22.